The Morgan fingerprint density at radius 1 is 1.37 bits per heavy atom. The highest BCUT2D eigenvalue weighted by Crippen LogP contribution is 2.26. The van der Waals surface area contributed by atoms with E-state index in [0.717, 1.165) is 12.3 Å². The van der Waals surface area contributed by atoms with Crippen LogP contribution in [0.5, 0.6) is 11.6 Å². The fourth-order valence-electron chi connectivity index (χ4n) is 1.34. The third-order valence-electron chi connectivity index (χ3n) is 2.23. The van der Waals surface area contributed by atoms with E-state index in [-0.39, 0.29) is 17.3 Å². The maximum absolute atomic E-state index is 13.4. The van der Waals surface area contributed by atoms with Gasteiger partial charge in [-0.3, -0.25) is 0 Å². The van der Waals surface area contributed by atoms with Gasteiger partial charge in [-0.2, -0.15) is 9.37 Å². The average Bonchev–Trinajstić information content (AvgIpc) is 2.35. The summed E-state index contributed by atoms with van der Waals surface area (Å²) in [6.07, 6.45) is 1.04. The molecule has 2 aromatic rings. The molecule has 5 nitrogen and oxygen atoms in total. The molecular weight excluding hydrogens is 258 g/mol. The molecule has 2 rings (SSSR count). The molecule has 0 unspecified atom stereocenters. The zero-order valence-electron chi connectivity index (χ0n) is 9.72. The van der Waals surface area contributed by atoms with Crippen molar-refractivity contribution < 1.29 is 23.4 Å². The lowest BCUT2D eigenvalue weighted by Crippen LogP contribution is -2.05. The van der Waals surface area contributed by atoms with Crippen molar-refractivity contribution in [2.45, 2.75) is 6.92 Å². The standard InChI is InChI=1S/C12H8F2N2O3/c1-6-15-5-7(12(17)18)11(16-6)19-9-4-2-3-8(13)10(9)14/h2-5H,1H3,(H,17,18). The van der Waals surface area contributed by atoms with Crippen molar-refractivity contribution in [3.8, 4) is 11.6 Å². The molecule has 1 N–H and O–H groups in total. The topological polar surface area (TPSA) is 72.3 Å². The molecule has 0 aliphatic carbocycles. The number of ether oxygens (including phenoxy) is 1. The van der Waals surface area contributed by atoms with Gasteiger partial charge in [-0.1, -0.05) is 6.07 Å². The average molecular weight is 266 g/mol. The second-order valence-corrected chi connectivity index (χ2v) is 3.60. The Kier molecular flexibility index (Phi) is 3.37. The monoisotopic (exact) mass is 266 g/mol. The number of rotatable bonds is 3. The molecule has 0 amide bonds. The molecule has 7 heteroatoms. The summed E-state index contributed by atoms with van der Waals surface area (Å²) in [5, 5.41) is 8.93. The van der Waals surface area contributed by atoms with Crippen LogP contribution in [0.3, 0.4) is 0 Å². The van der Waals surface area contributed by atoms with E-state index in [1.54, 1.807) is 0 Å². The van der Waals surface area contributed by atoms with Gasteiger partial charge < -0.3 is 9.84 Å². The summed E-state index contributed by atoms with van der Waals surface area (Å²) in [6, 6.07) is 3.33. The second kappa shape index (κ2) is 4.97. The van der Waals surface area contributed by atoms with E-state index in [9.17, 15) is 13.6 Å². The van der Waals surface area contributed by atoms with Crippen molar-refractivity contribution in [1.82, 2.24) is 9.97 Å². The number of nitrogens with zero attached hydrogens (tertiary/aromatic N) is 2. The number of carboxylic acids is 1. The minimum atomic E-state index is -1.33. The number of hydrogen-bond donors (Lipinski definition) is 1. The smallest absolute Gasteiger partial charge is 0.342 e. The summed E-state index contributed by atoms with van der Waals surface area (Å²) in [4.78, 5) is 18.4. The number of carboxylic acid groups (broad SMARTS) is 1. The van der Waals surface area contributed by atoms with E-state index < -0.39 is 23.4 Å². The van der Waals surface area contributed by atoms with Crippen LogP contribution in [-0.2, 0) is 0 Å². The third-order valence-corrected chi connectivity index (χ3v) is 2.23. The summed E-state index contributed by atoms with van der Waals surface area (Å²) in [6.45, 7) is 1.51. The van der Waals surface area contributed by atoms with E-state index in [4.69, 9.17) is 9.84 Å². The highest BCUT2D eigenvalue weighted by atomic mass is 19.2. The molecule has 0 aliphatic heterocycles. The zero-order valence-corrected chi connectivity index (χ0v) is 9.72. The largest absolute Gasteiger partial charge is 0.477 e. The summed E-state index contributed by atoms with van der Waals surface area (Å²) >= 11 is 0. The molecule has 98 valence electrons. The van der Waals surface area contributed by atoms with Crippen molar-refractivity contribution in [2.24, 2.45) is 0 Å². The molecule has 0 fully saturated rings. The van der Waals surface area contributed by atoms with Crippen LogP contribution in [0.15, 0.2) is 24.4 Å². The van der Waals surface area contributed by atoms with Crippen LogP contribution in [0.4, 0.5) is 8.78 Å². The first-order valence-electron chi connectivity index (χ1n) is 5.18. The Balaban J connectivity index is 2.45. The minimum absolute atomic E-state index is 0.247. The van der Waals surface area contributed by atoms with Crippen LogP contribution in [0.25, 0.3) is 0 Å². The number of benzene rings is 1. The molecule has 0 spiro atoms. The van der Waals surface area contributed by atoms with E-state index in [0.29, 0.717) is 0 Å². The number of aromatic nitrogens is 2. The molecule has 0 bridgehead atoms. The highest BCUT2D eigenvalue weighted by Gasteiger charge is 2.17. The minimum Gasteiger partial charge on any atom is -0.477 e. The van der Waals surface area contributed by atoms with Crippen molar-refractivity contribution in [1.29, 1.82) is 0 Å². The third kappa shape index (κ3) is 2.65. The lowest BCUT2D eigenvalue weighted by atomic mass is 10.3. The molecule has 0 atom stereocenters. The fourth-order valence-corrected chi connectivity index (χ4v) is 1.34. The maximum atomic E-state index is 13.4. The first-order chi connectivity index (χ1) is 8.99. The van der Waals surface area contributed by atoms with Crippen LogP contribution in [0.1, 0.15) is 16.2 Å². The molecule has 1 aromatic heterocycles. The van der Waals surface area contributed by atoms with Gasteiger partial charge >= 0.3 is 5.97 Å². The maximum Gasteiger partial charge on any atom is 0.342 e. The zero-order chi connectivity index (χ0) is 14.0. The van der Waals surface area contributed by atoms with Gasteiger partial charge in [-0.15, -0.1) is 0 Å². The Hall–Kier alpha value is -2.57. The van der Waals surface area contributed by atoms with Crippen LogP contribution < -0.4 is 4.74 Å². The summed E-state index contributed by atoms with van der Waals surface area (Å²) in [7, 11) is 0. The van der Waals surface area contributed by atoms with E-state index in [1.807, 2.05) is 0 Å². The van der Waals surface area contributed by atoms with E-state index in [1.165, 1.54) is 19.1 Å². The fraction of sp³-hybridized carbons (Fsp3) is 0.0833. The van der Waals surface area contributed by atoms with E-state index >= 15 is 0 Å². The SMILES string of the molecule is Cc1ncc(C(=O)O)c(Oc2cccc(F)c2F)n1. The Morgan fingerprint density at radius 3 is 2.79 bits per heavy atom. The number of carbonyl (C=O) groups is 1. The second-order valence-electron chi connectivity index (χ2n) is 3.60. The van der Waals surface area contributed by atoms with Gasteiger partial charge in [0.15, 0.2) is 11.6 Å². The number of hydrogen-bond acceptors (Lipinski definition) is 4. The van der Waals surface area contributed by atoms with Gasteiger partial charge in [0.2, 0.25) is 11.7 Å². The van der Waals surface area contributed by atoms with E-state index in [2.05, 4.69) is 9.97 Å². The van der Waals surface area contributed by atoms with Crippen LogP contribution >= 0.6 is 0 Å². The normalized spacial score (nSPS) is 10.3. The molecule has 0 saturated heterocycles. The number of halogens is 2. The van der Waals surface area contributed by atoms with Gasteiger partial charge in [0, 0.05) is 6.20 Å². The lowest BCUT2D eigenvalue weighted by molar-refractivity contribution is 0.0692. The summed E-state index contributed by atoms with van der Waals surface area (Å²) in [5.74, 6) is -4.18. The molecule has 0 radical (unpaired) electrons. The number of aromatic carboxylic acids is 1. The van der Waals surface area contributed by atoms with Crippen molar-refractivity contribution >= 4 is 5.97 Å². The van der Waals surface area contributed by atoms with Crippen molar-refractivity contribution in [2.75, 3.05) is 0 Å². The van der Waals surface area contributed by atoms with Crippen LogP contribution in [-0.4, -0.2) is 21.0 Å². The van der Waals surface area contributed by atoms with Crippen LogP contribution in [0, 0.1) is 18.6 Å². The quantitative estimate of drug-likeness (QED) is 0.924. The van der Waals surface area contributed by atoms with Gasteiger partial charge in [0.05, 0.1) is 0 Å². The first-order valence-corrected chi connectivity index (χ1v) is 5.18. The molecule has 1 heterocycles. The molecule has 19 heavy (non-hydrogen) atoms. The van der Waals surface area contributed by atoms with Crippen LogP contribution in [0.2, 0.25) is 0 Å². The predicted molar refractivity (Wildman–Crippen MR) is 60.2 cm³/mol. The molecule has 0 aliphatic rings. The first kappa shape index (κ1) is 12.9. The summed E-state index contributed by atoms with van der Waals surface area (Å²) < 4.78 is 31.5. The Bertz CT molecular complexity index is 647. The van der Waals surface area contributed by atoms with Crippen molar-refractivity contribution in [3.05, 3.63) is 47.4 Å². The number of aryl methyl sites for hydroxylation is 1. The van der Waals surface area contributed by atoms with Crippen molar-refractivity contribution in [3.63, 3.8) is 0 Å². The molecular formula is C12H8F2N2O3. The van der Waals surface area contributed by atoms with Gasteiger partial charge in [-0.25, -0.2) is 14.2 Å². The lowest BCUT2D eigenvalue weighted by Gasteiger charge is -2.08. The summed E-state index contributed by atoms with van der Waals surface area (Å²) in [5.41, 5.74) is -0.339. The molecule has 0 saturated carbocycles. The molecule has 1 aromatic carbocycles. The highest BCUT2D eigenvalue weighted by molar-refractivity contribution is 5.89. The van der Waals surface area contributed by atoms with Gasteiger partial charge in [0.25, 0.3) is 0 Å². The Morgan fingerprint density at radius 2 is 2.11 bits per heavy atom. The predicted octanol–water partition coefficient (Wildman–Crippen LogP) is 2.55. The van der Waals surface area contributed by atoms with Gasteiger partial charge in [0.1, 0.15) is 11.4 Å². The van der Waals surface area contributed by atoms with Gasteiger partial charge in [-0.05, 0) is 19.1 Å². The Labute approximate surface area is 106 Å².